The van der Waals surface area contributed by atoms with Gasteiger partial charge in [-0.05, 0) is 24.3 Å². The highest BCUT2D eigenvalue weighted by molar-refractivity contribution is 5.89. The first-order valence-electron chi connectivity index (χ1n) is 5.03. The molecule has 86 valence electrons. The normalized spacial score (nSPS) is 10.4. The van der Waals surface area contributed by atoms with Gasteiger partial charge in [0.05, 0.1) is 12.5 Å². The van der Waals surface area contributed by atoms with E-state index in [0.29, 0.717) is 11.4 Å². The minimum Gasteiger partial charge on any atom is -0.463 e. The van der Waals surface area contributed by atoms with E-state index in [0.717, 1.165) is 0 Å². The number of furan rings is 1. The fourth-order valence-corrected chi connectivity index (χ4v) is 1.20. The second kappa shape index (κ2) is 5.50. The largest absolute Gasteiger partial charge is 0.463 e. The summed E-state index contributed by atoms with van der Waals surface area (Å²) in [6.45, 7) is 0. The number of anilines is 1. The maximum Gasteiger partial charge on any atom is 0.339 e. The number of para-hydroxylation sites is 1. The zero-order valence-corrected chi connectivity index (χ0v) is 8.96. The molecule has 0 fully saturated rings. The van der Waals surface area contributed by atoms with Gasteiger partial charge < -0.3 is 9.73 Å². The predicted octanol–water partition coefficient (Wildman–Crippen LogP) is 2.44. The lowest BCUT2D eigenvalue weighted by molar-refractivity contribution is 0.252. The molecule has 0 saturated heterocycles. The van der Waals surface area contributed by atoms with Crippen molar-refractivity contribution in [2.75, 3.05) is 5.32 Å². The zero-order chi connectivity index (χ0) is 11.9. The Morgan fingerprint density at radius 3 is 2.71 bits per heavy atom. The van der Waals surface area contributed by atoms with Gasteiger partial charge in [-0.3, -0.25) is 0 Å². The second-order valence-electron chi connectivity index (χ2n) is 3.21. The van der Waals surface area contributed by atoms with E-state index in [-0.39, 0.29) is 0 Å². The third kappa shape index (κ3) is 3.49. The van der Waals surface area contributed by atoms with Crippen molar-refractivity contribution in [3.05, 3.63) is 54.5 Å². The van der Waals surface area contributed by atoms with E-state index < -0.39 is 6.03 Å². The maximum absolute atomic E-state index is 11.4. The molecule has 0 aliphatic heterocycles. The van der Waals surface area contributed by atoms with E-state index in [4.69, 9.17) is 4.42 Å². The standard InChI is InChI=1S/C12H11N3O2/c16-12(14-10-5-2-1-3-6-10)15-13-9-11-7-4-8-17-11/h1-9H,(H2,14,15,16). The SMILES string of the molecule is O=C(NN=Cc1ccco1)Nc1ccccc1. The van der Waals surface area contributed by atoms with Crippen molar-refractivity contribution in [3.8, 4) is 0 Å². The average molecular weight is 229 g/mol. The number of hydrogen-bond donors (Lipinski definition) is 2. The summed E-state index contributed by atoms with van der Waals surface area (Å²) in [4.78, 5) is 11.4. The molecular formula is C12H11N3O2. The number of rotatable bonds is 3. The number of hydrogen-bond acceptors (Lipinski definition) is 3. The van der Waals surface area contributed by atoms with Crippen LogP contribution in [-0.4, -0.2) is 12.2 Å². The molecule has 2 rings (SSSR count). The number of amides is 2. The highest BCUT2D eigenvalue weighted by atomic mass is 16.3. The Balaban J connectivity index is 1.82. The summed E-state index contributed by atoms with van der Waals surface area (Å²) in [7, 11) is 0. The van der Waals surface area contributed by atoms with Crippen molar-refractivity contribution in [3.63, 3.8) is 0 Å². The molecule has 0 unspecified atom stereocenters. The van der Waals surface area contributed by atoms with Crippen LogP contribution in [0, 0.1) is 0 Å². The van der Waals surface area contributed by atoms with E-state index in [9.17, 15) is 4.79 Å². The molecule has 2 N–H and O–H groups in total. The second-order valence-corrected chi connectivity index (χ2v) is 3.21. The van der Waals surface area contributed by atoms with Crippen LogP contribution in [0.3, 0.4) is 0 Å². The molecule has 5 heteroatoms. The molecule has 0 aliphatic carbocycles. The fraction of sp³-hybridized carbons (Fsp3) is 0. The predicted molar refractivity (Wildman–Crippen MR) is 64.9 cm³/mol. The monoisotopic (exact) mass is 229 g/mol. The highest BCUT2D eigenvalue weighted by Gasteiger charge is 1.98. The van der Waals surface area contributed by atoms with E-state index in [2.05, 4.69) is 15.8 Å². The lowest BCUT2D eigenvalue weighted by Crippen LogP contribution is -2.24. The third-order valence-corrected chi connectivity index (χ3v) is 1.93. The van der Waals surface area contributed by atoms with Gasteiger partial charge >= 0.3 is 6.03 Å². The van der Waals surface area contributed by atoms with Crippen molar-refractivity contribution in [2.45, 2.75) is 0 Å². The number of benzene rings is 1. The molecular weight excluding hydrogens is 218 g/mol. The maximum atomic E-state index is 11.4. The van der Waals surface area contributed by atoms with Crippen LogP contribution in [0.2, 0.25) is 0 Å². The van der Waals surface area contributed by atoms with Crippen LogP contribution in [0.4, 0.5) is 10.5 Å². The summed E-state index contributed by atoms with van der Waals surface area (Å²) in [5.74, 6) is 0.574. The zero-order valence-electron chi connectivity index (χ0n) is 8.96. The molecule has 0 saturated carbocycles. The quantitative estimate of drug-likeness (QED) is 0.627. The minimum atomic E-state index is -0.404. The summed E-state index contributed by atoms with van der Waals surface area (Å²) in [6.07, 6.45) is 2.95. The fourth-order valence-electron chi connectivity index (χ4n) is 1.20. The van der Waals surface area contributed by atoms with Gasteiger partial charge in [-0.2, -0.15) is 5.10 Å². The molecule has 2 aromatic rings. The molecule has 0 spiro atoms. The van der Waals surface area contributed by atoms with Crippen LogP contribution >= 0.6 is 0 Å². The van der Waals surface area contributed by atoms with Crippen molar-refractivity contribution < 1.29 is 9.21 Å². The van der Waals surface area contributed by atoms with Gasteiger partial charge in [0.15, 0.2) is 0 Å². The Kier molecular flexibility index (Phi) is 3.54. The van der Waals surface area contributed by atoms with E-state index in [1.165, 1.54) is 12.5 Å². The average Bonchev–Trinajstić information content (AvgIpc) is 2.83. The number of hydrazone groups is 1. The van der Waals surface area contributed by atoms with Gasteiger partial charge in [0.2, 0.25) is 0 Å². The van der Waals surface area contributed by atoms with Gasteiger partial charge in [-0.25, -0.2) is 10.2 Å². The Morgan fingerprint density at radius 2 is 2.00 bits per heavy atom. The Morgan fingerprint density at radius 1 is 1.18 bits per heavy atom. The molecule has 1 heterocycles. The van der Waals surface area contributed by atoms with E-state index in [1.807, 2.05) is 18.2 Å². The molecule has 5 nitrogen and oxygen atoms in total. The number of nitrogens with one attached hydrogen (secondary N) is 2. The molecule has 1 aromatic carbocycles. The smallest absolute Gasteiger partial charge is 0.339 e. The Bertz CT molecular complexity index is 492. The van der Waals surface area contributed by atoms with Gasteiger partial charge in [0, 0.05) is 5.69 Å². The summed E-state index contributed by atoms with van der Waals surface area (Å²) in [6, 6.07) is 12.2. The molecule has 0 bridgehead atoms. The molecule has 2 amide bonds. The molecule has 0 radical (unpaired) electrons. The topological polar surface area (TPSA) is 66.6 Å². The minimum absolute atomic E-state index is 0.404. The van der Waals surface area contributed by atoms with Crippen LogP contribution in [0.15, 0.2) is 58.2 Å². The first-order valence-corrected chi connectivity index (χ1v) is 5.03. The lowest BCUT2D eigenvalue weighted by atomic mass is 10.3. The lowest BCUT2D eigenvalue weighted by Gasteiger charge is -2.02. The third-order valence-electron chi connectivity index (χ3n) is 1.93. The van der Waals surface area contributed by atoms with Crippen molar-refractivity contribution >= 4 is 17.9 Å². The summed E-state index contributed by atoms with van der Waals surface area (Å²) in [5.41, 5.74) is 3.04. The number of carbonyl (C=O) groups is 1. The first kappa shape index (κ1) is 10.9. The molecule has 1 aromatic heterocycles. The summed E-state index contributed by atoms with van der Waals surface area (Å²) >= 11 is 0. The van der Waals surface area contributed by atoms with Gasteiger partial charge in [-0.15, -0.1) is 0 Å². The number of carbonyl (C=O) groups excluding carboxylic acids is 1. The van der Waals surface area contributed by atoms with Gasteiger partial charge in [0.25, 0.3) is 0 Å². The van der Waals surface area contributed by atoms with Crippen LogP contribution in [0.5, 0.6) is 0 Å². The van der Waals surface area contributed by atoms with E-state index >= 15 is 0 Å². The first-order chi connectivity index (χ1) is 8.34. The van der Waals surface area contributed by atoms with E-state index in [1.54, 1.807) is 24.3 Å². The number of nitrogens with zero attached hydrogens (tertiary/aromatic N) is 1. The van der Waals surface area contributed by atoms with Crippen molar-refractivity contribution in [1.82, 2.24) is 5.43 Å². The summed E-state index contributed by atoms with van der Waals surface area (Å²) < 4.78 is 5.01. The molecule has 0 aliphatic rings. The Hall–Kier alpha value is -2.56. The molecule has 17 heavy (non-hydrogen) atoms. The summed E-state index contributed by atoms with van der Waals surface area (Å²) in [5, 5.41) is 6.36. The van der Waals surface area contributed by atoms with Gasteiger partial charge in [-0.1, -0.05) is 18.2 Å². The van der Waals surface area contributed by atoms with Crippen LogP contribution in [0.1, 0.15) is 5.76 Å². The highest BCUT2D eigenvalue weighted by Crippen LogP contribution is 2.03. The van der Waals surface area contributed by atoms with Crippen LogP contribution in [-0.2, 0) is 0 Å². The van der Waals surface area contributed by atoms with Crippen molar-refractivity contribution in [1.29, 1.82) is 0 Å². The molecule has 0 atom stereocenters. The van der Waals surface area contributed by atoms with Crippen molar-refractivity contribution in [2.24, 2.45) is 5.10 Å². The van der Waals surface area contributed by atoms with Crippen LogP contribution in [0.25, 0.3) is 0 Å². The Labute approximate surface area is 98.1 Å². The van der Waals surface area contributed by atoms with Gasteiger partial charge in [0.1, 0.15) is 5.76 Å². The van der Waals surface area contributed by atoms with Crippen LogP contribution < -0.4 is 10.7 Å². The number of urea groups is 1.